The van der Waals surface area contributed by atoms with Crippen LogP contribution in [-0.2, 0) is 11.8 Å². The van der Waals surface area contributed by atoms with E-state index in [1.54, 1.807) is 25.2 Å². The molecule has 2 fully saturated rings. The van der Waals surface area contributed by atoms with Gasteiger partial charge in [0.25, 0.3) is 5.56 Å². The molecule has 0 amide bonds. The number of nitrogens with one attached hydrogen (secondary N) is 1. The van der Waals surface area contributed by atoms with Gasteiger partial charge in [-0.05, 0) is 31.9 Å². The molecular formula is C21H25FN6O2. The van der Waals surface area contributed by atoms with Crippen molar-refractivity contribution in [2.75, 3.05) is 24.6 Å². The van der Waals surface area contributed by atoms with Gasteiger partial charge in [-0.3, -0.25) is 14.5 Å². The van der Waals surface area contributed by atoms with E-state index in [2.05, 4.69) is 20.1 Å². The van der Waals surface area contributed by atoms with Crippen LogP contribution in [0.4, 0.5) is 10.3 Å². The Bertz CT molecular complexity index is 1160. The van der Waals surface area contributed by atoms with Crippen molar-refractivity contribution < 1.29 is 9.13 Å². The van der Waals surface area contributed by atoms with Crippen molar-refractivity contribution >= 4 is 17.0 Å². The summed E-state index contributed by atoms with van der Waals surface area (Å²) in [6, 6.07) is 6.30. The number of piperidine rings is 1. The number of hydrogen-bond acceptors (Lipinski definition) is 6. The predicted octanol–water partition coefficient (Wildman–Crippen LogP) is 1.80. The Balaban J connectivity index is 1.50. The van der Waals surface area contributed by atoms with Crippen molar-refractivity contribution in [3.05, 3.63) is 40.4 Å². The number of aromatic nitrogens is 4. The van der Waals surface area contributed by atoms with Crippen molar-refractivity contribution in [3.8, 4) is 11.3 Å². The Kier molecular flexibility index (Phi) is 4.41. The predicted molar refractivity (Wildman–Crippen MR) is 112 cm³/mol. The Hall–Kier alpha value is -2.78. The van der Waals surface area contributed by atoms with E-state index in [1.165, 1.54) is 10.6 Å². The molecule has 3 aromatic rings. The van der Waals surface area contributed by atoms with E-state index in [4.69, 9.17) is 10.5 Å². The zero-order valence-corrected chi connectivity index (χ0v) is 17.1. The lowest BCUT2D eigenvalue weighted by atomic mass is 9.73. The molecule has 0 unspecified atom stereocenters. The van der Waals surface area contributed by atoms with Crippen LogP contribution in [0.5, 0.6) is 0 Å². The van der Waals surface area contributed by atoms with Crippen LogP contribution in [0, 0.1) is 11.2 Å². The largest absolute Gasteiger partial charge is 0.376 e. The van der Waals surface area contributed by atoms with E-state index < -0.39 is 5.82 Å². The molecule has 1 aromatic carbocycles. The van der Waals surface area contributed by atoms with Crippen molar-refractivity contribution in [1.82, 2.24) is 19.7 Å². The minimum Gasteiger partial charge on any atom is -0.376 e. The molecule has 2 aromatic heterocycles. The molecule has 0 radical (unpaired) electrons. The zero-order valence-electron chi connectivity index (χ0n) is 17.1. The molecule has 2 saturated heterocycles. The van der Waals surface area contributed by atoms with Crippen LogP contribution in [0.2, 0.25) is 0 Å². The van der Waals surface area contributed by atoms with Gasteiger partial charge in [-0.1, -0.05) is 12.1 Å². The molecule has 4 heterocycles. The van der Waals surface area contributed by atoms with Gasteiger partial charge < -0.3 is 15.4 Å². The van der Waals surface area contributed by atoms with Crippen LogP contribution in [0.25, 0.3) is 22.3 Å². The normalized spacial score (nSPS) is 23.5. The third-order valence-corrected chi connectivity index (χ3v) is 6.80. The van der Waals surface area contributed by atoms with E-state index in [-0.39, 0.29) is 34.4 Å². The fraction of sp³-hybridized carbons (Fsp3) is 0.476. The molecule has 0 saturated carbocycles. The van der Waals surface area contributed by atoms with Crippen LogP contribution in [0.15, 0.2) is 29.1 Å². The maximum absolute atomic E-state index is 14.3. The van der Waals surface area contributed by atoms with Crippen LogP contribution >= 0.6 is 0 Å². The number of ether oxygens (including phenoxy) is 1. The van der Waals surface area contributed by atoms with E-state index in [1.807, 2.05) is 6.92 Å². The van der Waals surface area contributed by atoms with Gasteiger partial charge in [0.1, 0.15) is 16.9 Å². The maximum atomic E-state index is 14.3. The first-order valence-electron chi connectivity index (χ1n) is 10.2. The summed E-state index contributed by atoms with van der Waals surface area (Å²) in [5, 5.41) is 7.30. The van der Waals surface area contributed by atoms with Gasteiger partial charge in [-0.2, -0.15) is 10.1 Å². The average molecular weight is 412 g/mol. The monoisotopic (exact) mass is 412 g/mol. The molecular weight excluding hydrogens is 387 g/mol. The minimum atomic E-state index is -0.428. The summed E-state index contributed by atoms with van der Waals surface area (Å²) in [6.45, 7) is 4.19. The highest BCUT2D eigenvalue weighted by Crippen LogP contribution is 2.41. The third kappa shape index (κ3) is 2.76. The Labute approximate surface area is 172 Å². The third-order valence-electron chi connectivity index (χ3n) is 6.80. The molecule has 9 heteroatoms. The first-order chi connectivity index (χ1) is 14.4. The first-order valence-corrected chi connectivity index (χ1v) is 10.2. The van der Waals surface area contributed by atoms with Gasteiger partial charge in [0.2, 0.25) is 5.95 Å². The highest BCUT2D eigenvalue weighted by molar-refractivity contribution is 5.90. The van der Waals surface area contributed by atoms with E-state index in [0.717, 1.165) is 25.9 Å². The van der Waals surface area contributed by atoms with Gasteiger partial charge in [0.05, 0.1) is 12.7 Å². The molecule has 158 valence electrons. The second-order valence-electron chi connectivity index (χ2n) is 8.44. The molecule has 1 spiro atoms. The lowest BCUT2D eigenvalue weighted by Gasteiger charge is -2.41. The number of benzene rings is 1. The number of rotatable bonds is 2. The minimum absolute atomic E-state index is 0.00905. The summed E-state index contributed by atoms with van der Waals surface area (Å²) in [6.07, 6.45) is 1.84. The van der Waals surface area contributed by atoms with Crippen molar-refractivity contribution in [2.24, 2.45) is 18.2 Å². The van der Waals surface area contributed by atoms with Crippen LogP contribution in [0.3, 0.4) is 0 Å². The second kappa shape index (κ2) is 6.88. The molecule has 8 nitrogen and oxygen atoms in total. The maximum Gasteiger partial charge on any atom is 0.266 e. The number of halogens is 1. The molecule has 2 atom stereocenters. The molecule has 2 aliphatic heterocycles. The van der Waals surface area contributed by atoms with Crippen molar-refractivity contribution in [1.29, 1.82) is 0 Å². The topological polar surface area (TPSA) is 102 Å². The van der Waals surface area contributed by atoms with Crippen molar-refractivity contribution in [2.45, 2.75) is 31.9 Å². The highest BCUT2D eigenvalue weighted by Gasteiger charge is 2.47. The molecule has 0 bridgehead atoms. The zero-order chi connectivity index (χ0) is 21.0. The van der Waals surface area contributed by atoms with Crippen LogP contribution < -0.4 is 16.2 Å². The number of hydrogen-bond donors (Lipinski definition) is 2. The number of aromatic amines is 1. The summed E-state index contributed by atoms with van der Waals surface area (Å²) < 4.78 is 21.6. The van der Waals surface area contributed by atoms with Gasteiger partial charge in [0, 0.05) is 37.2 Å². The van der Waals surface area contributed by atoms with Gasteiger partial charge in [0.15, 0.2) is 5.65 Å². The number of anilines is 1. The molecule has 5 rings (SSSR count). The number of fused-ring (bicyclic) bond motifs is 1. The quantitative estimate of drug-likeness (QED) is 0.665. The standard InChI is InChI=1S/C21H25FN6O2/c1-12-17(23)21(11-30-12)7-9-28(10-8-21)20-24-18-15(19(29)27(20)2)16(25-26-18)13-5-3-4-6-14(13)22/h3-6,12,17H,7-11,23H2,1-2H3,(H,25,26)/t12-,17+/m0/s1. The van der Waals surface area contributed by atoms with Crippen molar-refractivity contribution in [3.63, 3.8) is 0 Å². The van der Waals surface area contributed by atoms with Crippen LogP contribution in [-0.4, -0.2) is 51.6 Å². The fourth-order valence-corrected chi connectivity index (χ4v) is 4.81. The SMILES string of the molecule is C[C@@H]1OCC2(CCN(c3nc4[nH]nc(-c5ccccc5F)c4c(=O)n3C)CC2)[C@@H]1N. The second-order valence-corrected chi connectivity index (χ2v) is 8.44. The molecule has 0 aliphatic carbocycles. The average Bonchev–Trinajstić information content (AvgIpc) is 3.29. The Morgan fingerprint density at radius 2 is 2.03 bits per heavy atom. The van der Waals surface area contributed by atoms with E-state index in [0.29, 0.717) is 23.6 Å². The smallest absolute Gasteiger partial charge is 0.266 e. The lowest BCUT2D eigenvalue weighted by Crippen LogP contribution is -2.51. The van der Waals surface area contributed by atoms with Gasteiger partial charge in [-0.25, -0.2) is 4.39 Å². The number of nitrogens with two attached hydrogens (primary N) is 1. The van der Waals surface area contributed by atoms with Gasteiger partial charge in [-0.15, -0.1) is 0 Å². The first kappa shape index (κ1) is 19.2. The lowest BCUT2D eigenvalue weighted by molar-refractivity contribution is 0.0973. The summed E-state index contributed by atoms with van der Waals surface area (Å²) in [5.74, 6) is 0.148. The fourth-order valence-electron chi connectivity index (χ4n) is 4.81. The summed E-state index contributed by atoms with van der Waals surface area (Å²) in [7, 11) is 1.69. The summed E-state index contributed by atoms with van der Waals surface area (Å²) in [5.41, 5.74) is 7.07. The number of nitrogens with zero attached hydrogens (tertiary/aromatic N) is 4. The number of H-pyrrole nitrogens is 1. The van der Waals surface area contributed by atoms with E-state index in [9.17, 15) is 9.18 Å². The van der Waals surface area contributed by atoms with Gasteiger partial charge >= 0.3 is 0 Å². The Morgan fingerprint density at radius 3 is 2.70 bits per heavy atom. The highest BCUT2D eigenvalue weighted by atomic mass is 19.1. The summed E-state index contributed by atoms with van der Waals surface area (Å²) >= 11 is 0. The van der Waals surface area contributed by atoms with E-state index >= 15 is 0 Å². The summed E-state index contributed by atoms with van der Waals surface area (Å²) in [4.78, 5) is 19.9. The molecule has 30 heavy (non-hydrogen) atoms. The Morgan fingerprint density at radius 1 is 1.30 bits per heavy atom. The van der Waals surface area contributed by atoms with Crippen LogP contribution in [0.1, 0.15) is 19.8 Å². The molecule has 3 N–H and O–H groups in total. The molecule has 2 aliphatic rings.